The first-order valence-corrected chi connectivity index (χ1v) is 20.6. The number of aliphatic imine (C=N–C) groups is 2. The van der Waals surface area contributed by atoms with Crippen LogP contribution in [0.25, 0.3) is 44.3 Å². The molecule has 2 aliphatic heterocycles. The van der Waals surface area contributed by atoms with Crippen LogP contribution in [-0.4, -0.2) is 16.1 Å². The minimum Gasteiger partial charge on any atom is -0.457 e. The minimum absolute atomic E-state index is 0.409. The first kappa shape index (κ1) is 33.8. The van der Waals surface area contributed by atoms with Crippen molar-refractivity contribution in [2.75, 3.05) is 0 Å². The van der Waals surface area contributed by atoms with E-state index < -0.39 is 5.41 Å². The van der Waals surface area contributed by atoms with Crippen LogP contribution in [0.3, 0.4) is 0 Å². The van der Waals surface area contributed by atoms with Crippen LogP contribution in [0.2, 0.25) is 0 Å². The maximum atomic E-state index is 6.74. The van der Waals surface area contributed by atoms with Gasteiger partial charge in [-0.3, -0.25) is 0 Å². The molecule has 59 heavy (non-hydrogen) atoms. The highest BCUT2D eigenvalue weighted by atomic mass is 16.5. The molecule has 2 aliphatic carbocycles. The van der Waals surface area contributed by atoms with Crippen LogP contribution in [-0.2, 0) is 5.41 Å². The topological polar surface area (TPSA) is 38.9 Å². The fourth-order valence-corrected chi connectivity index (χ4v) is 10.0. The molecule has 0 amide bonds. The summed E-state index contributed by atoms with van der Waals surface area (Å²) in [6.45, 7) is 2.28. The molecule has 8 aromatic rings. The van der Waals surface area contributed by atoms with Gasteiger partial charge in [0.05, 0.1) is 27.9 Å². The molecule has 0 bridgehead atoms. The van der Waals surface area contributed by atoms with Gasteiger partial charge in [0.2, 0.25) is 0 Å². The van der Waals surface area contributed by atoms with E-state index in [-0.39, 0.29) is 0 Å². The average Bonchev–Trinajstić information content (AvgIpc) is 3.64. The molecule has 12 rings (SSSR count). The average molecular weight is 758 g/mol. The standard InChI is InChI=1S/C55H39N3O/c1-35-27-28-46-53(31-35)59-52-26-13-11-24-45(52)55(46)44-23-10-8-21-40(44)42-34-51-43(33-47(42)55)41-22-9-12-25-50(41)58(51)39-20-14-19-38(32-39)49-30-29-48(36-15-4-2-5-16-36)56-54(57-49)37-17-6-3-7-18-37/h2-26,28-29,31-35H,27,30H2,1H3. The van der Waals surface area contributed by atoms with E-state index >= 15 is 0 Å². The van der Waals surface area contributed by atoms with E-state index in [1.807, 2.05) is 24.3 Å². The number of fused-ring (bicyclic) bond motifs is 12. The predicted octanol–water partition coefficient (Wildman–Crippen LogP) is 13.0. The zero-order chi connectivity index (χ0) is 39.1. The summed E-state index contributed by atoms with van der Waals surface area (Å²) in [5.41, 5.74) is 15.6. The maximum Gasteiger partial charge on any atom is 0.160 e. The van der Waals surface area contributed by atoms with E-state index in [1.165, 1.54) is 55.2 Å². The summed E-state index contributed by atoms with van der Waals surface area (Å²) in [4.78, 5) is 10.4. The second kappa shape index (κ2) is 13.1. The molecule has 1 spiro atoms. The van der Waals surface area contributed by atoms with Gasteiger partial charge in [-0.25, -0.2) is 9.98 Å². The number of allylic oxidation sites excluding steroid dienone is 4. The highest BCUT2D eigenvalue weighted by molar-refractivity contribution is 6.16. The van der Waals surface area contributed by atoms with Crippen LogP contribution in [0.15, 0.2) is 209 Å². The first-order valence-electron chi connectivity index (χ1n) is 20.6. The summed E-state index contributed by atoms with van der Waals surface area (Å²) >= 11 is 0. The van der Waals surface area contributed by atoms with Crippen LogP contribution < -0.4 is 4.74 Å². The maximum absolute atomic E-state index is 6.74. The summed E-state index contributed by atoms with van der Waals surface area (Å²) in [6.07, 6.45) is 8.63. The number of para-hydroxylation sites is 2. The number of hydrogen-bond donors (Lipinski definition) is 0. The largest absolute Gasteiger partial charge is 0.457 e. The minimum atomic E-state index is -0.494. The van der Waals surface area contributed by atoms with Crippen molar-refractivity contribution in [3.05, 3.63) is 233 Å². The molecule has 1 aromatic heterocycles. The Bertz CT molecular complexity index is 3200. The van der Waals surface area contributed by atoms with E-state index in [1.54, 1.807) is 0 Å². The van der Waals surface area contributed by atoms with Gasteiger partial charge < -0.3 is 9.30 Å². The molecule has 2 unspecified atom stereocenters. The van der Waals surface area contributed by atoms with E-state index in [0.29, 0.717) is 18.2 Å². The Morgan fingerprint density at radius 2 is 1.31 bits per heavy atom. The van der Waals surface area contributed by atoms with Crippen LogP contribution in [0, 0.1) is 5.92 Å². The van der Waals surface area contributed by atoms with E-state index in [4.69, 9.17) is 14.7 Å². The van der Waals surface area contributed by atoms with Gasteiger partial charge >= 0.3 is 0 Å². The SMILES string of the molecule is CC1C=C2Oc3ccccc3C3(C2=CC1)c1ccccc1-c1cc2c(cc13)c1ccccc1n2-c1cccc(C2=NC(c3ccccc3)=NC(c3ccccc3)=CC2)c1. The van der Waals surface area contributed by atoms with Gasteiger partial charge in [-0.1, -0.05) is 153 Å². The Labute approximate surface area is 343 Å². The van der Waals surface area contributed by atoms with E-state index in [9.17, 15) is 0 Å². The number of rotatable bonds is 4. The Hall–Kier alpha value is -7.30. The van der Waals surface area contributed by atoms with Crippen molar-refractivity contribution >= 4 is 39.1 Å². The van der Waals surface area contributed by atoms with Gasteiger partial charge in [-0.15, -0.1) is 0 Å². The molecule has 7 aromatic carbocycles. The lowest BCUT2D eigenvalue weighted by Gasteiger charge is -2.42. The quantitative estimate of drug-likeness (QED) is 0.176. The zero-order valence-corrected chi connectivity index (χ0v) is 32.6. The highest BCUT2D eigenvalue weighted by Gasteiger charge is 2.53. The monoisotopic (exact) mass is 757 g/mol. The predicted molar refractivity (Wildman–Crippen MR) is 242 cm³/mol. The summed E-state index contributed by atoms with van der Waals surface area (Å²) in [5.74, 6) is 3.04. The Balaban J connectivity index is 1.07. The number of aromatic nitrogens is 1. The second-order valence-electron chi connectivity index (χ2n) is 16.1. The van der Waals surface area contributed by atoms with Gasteiger partial charge in [0, 0.05) is 39.6 Å². The fourth-order valence-electron chi connectivity index (χ4n) is 10.0. The summed E-state index contributed by atoms with van der Waals surface area (Å²) < 4.78 is 9.19. The molecule has 4 heteroatoms. The third-order valence-electron chi connectivity index (χ3n) is 12.6. The molecule has 0 saturated heterocycles. The first-order chi connectivity index (χ1) is 29.1. The molecule has 0 saturated carbocycles. The lowest BCUT2D eigenvalue weighted by Crippen LogP contribution is -2.36. The van der Waals surface area contributed by atoms with Crippen LogP contribution in [0.5, 0.6) is 5.75 Å². The van der Waals surface area contributed by atoms with Crippen molar-refractivity contribution in [3.63, 3.8) is 0 Å². The van der Waals surface area contributed by atoms with Crippen LogP contribution in [0.4, 0.5) is 0 Å². The number of nitrogens with zero attached hydrogens (tertiary/aromatic N) is 3. The number of benzene rings is 7. The van der Waals surface area contributed by atoms with Crippen molar-refractivity contribution in [1.82, 2.24) is 4.57 Å². The van der Waals surface area contributed by atoms with Crippen molar-refractivity contribution < 1.29 is 4.74 Å². The fraction of sp³-hybridized carbons (Fsp3) is 0.0909. The molecule has 0 radical (unpaired) electrons. The molecule has 0 fully saturated rings. The lowest BCUT2D eigenvalue weighted by atomic mass is 9.63. The van der Waals surface area contributed by atoms with Gasteiger partial charge in [0.25, 0.3) is 0 Å². The van der Waals surface area contributed by atoms with Gasteiger partial charge in [0.1, 0.15) is 11.5 Å². The molecule has 0 N–H and O–H groups in total. The Morgan fingerprint density at radius 3 is 2.17 bits per heavy atom. The Morgan fingerprint density at radius 1 is 0.576 bits per heavy atom. The van der Waals surface area contributed by atoms with E-state index in [2.05, 4.69) is 175 Å². The molecule has 280 valence electrons. The zero-order valence-electron chi connectivity index (χ0n) is 32.6. The summed E-state index contributed by atoms with van der Waals surface area (Å²) in [5, 5.41) is 2.46. The number of amidine groups is 1. The lowest BCUT2D eigenvalue weighted by molar-refractivity contribution is 0.377. The van der Waals surface area contributed by atoms with Crippen molar-refractivity contribution in [2.45, 2.75) is 25.2 Å². The second-order valence-corrected chi connectivity index (χ2v) is 16.1. The van der Waals surface area contributed by atoms with Crippen LogP contribution in [0.1, 0.15) is 53.1 Å². The number of hydrogen-bond acceptors (Lipinski definition) is 3. The van der Waals surface area contributed by atoms with Gasteiger partial charge in [-0.2, -0.15) is 0 Å². The highest BCUT2D eigenvalue weighted by Crippen LogP contribution is 2.63. The smallest absolute Gasteiger partial charge is 0.160 e. The van der Waals surface area contributed by atoms with Crippen molar-refractivity contribution in [1.29, 1.82) is 0 Å². The van der Waals surface area contributed by atoms with Crippen molar-refractivity contribution in [2.24, 2.45) is 15.9 Å². The molecular weight excluding hydrogens is 719 g/mol. The van der Waals surface area contributed by atoms with Gasteiger partial charge in [-0.05, 0) is 88.2 Å². The van der Waals surface area contributed by atoms with Crippen LogP contribution >= 0.6 is 0 Å². The Kier molecular flexibility index (Phi) is 7.52. The third kappa shape index (κ3) is 5.09. The molecule has 2 atom stereocenters. The molecule has 4 aliphatic rings. The molecule has 3 heterocycles. The number of ether oxygens (including phenoxy) is 1. The molecular formula is C55H39N3O. The third-order valence-corrected chi connectivity index (χ3v) is 12.6. The van der Waals surface area contributed by atoms with Gasteiger partial charge in [0.15, 0.2) is 5.84 Å². The normalized spacial score (nSPS) is 19.0. The molecule has 4 nitrogen and oxygen atoms in total. The van der Waals surface area contributed by atoms with Crippen molar-refractivity contribution in [3.8, 4) is 22.6 Å². The summed E-state index contributed by atoms with van der Waals surface area (Å²) in [7, 11) is 0. The summed E-state index contributed by atoms with van der Waals surface area (Å²) in [6, 6.07) is 61.1. The van der Waals surface area contributed by atoms with E-state index in [0.717, 1.165) is 51.7 Å².